The first kappa shape index (κ1) is 38.6. The van der Waals surface area contributed by atoms with E-state index in [9.17, 15) is 0 Å². The second-order valence-corrected chi connectivity index (χ2v) is 24.1. The first-order chi connectivity index (χ1) is 29.6. The van der Waals surface area contributed by atoms with Crippen LogP contribution in [0, 0.1) is 56.8 Å². The molecule has 5 nitrogen and oxygen atoms in total. The van der Waals surface area contributed by atoms with Gasteiger partial charge in [0.2, 0.25) is 6.71 Å². The van der Waals surface area contributed by atoms with Crippen LogP contribution in [0.1, 0.15) is 146 Å². The minimum Gasteiger partial charge on any atom is -0.499 e. The molecule has 322 valence electrons. The summed E-state index contributed by atoms with van der Waals surface area (Å²) in [6.07, 6.45) is 22.7. The SMILES string of the molecule is Cc1cccc(C)c1B1C=C2N3C4=C(OC5CCCCC5N4C4C5CCCCC5N5C6CCCC7CCCC(C76)N2C45)B(c2c(C)cccc2C)C2CC(C(C)(C)C)CC1C23. The van der Waals surface area contributed by atoms with Crippen LogP contribution in [0.4, 0.5) is 0 Å². The minimum absolute atomic E-state index is 0.237. The molecule has 2 aromatic rings. The summed E-state index contributed by atoms with van der Waals surface area (Å²) in [7, 11) is 0. The number of ether oxygens (including phenoxy) is 1. The molecular weight excluding hydrogens is 742 g/mol. The third kappa shape index (κ3) is 5.31. The third-order valence-corrected chi connectivity index (χ3v) is 20.4. The standard InChI is InChI=1S/C54H74B2N4O/c1-31-16-12-17-32(2)47(31)55-30-45-58-43-26-15-21-35-20-14-25-42(46(35)43)57-40-23-9-8-22-37(40)49(52(57)58)59-41-24-10-11-27-44(41)61-51-53(59)60(45)50-38(55)28-36(54(5,6)7)29-39(50)56(51)48-33(3)18-13-19-34(48)4/h12-13,16-19,30,35-44,46,49-50,52H,8-11,14-15,20-29H2,1-7H3. The molecule has 6 aliphatic heterocycles. The van der Waals surface area contributed by atoms with Crippen molar-refractivity contribution >= 4 is 24.4 Å². The van der Waals surface area contributed by atoms with E-state index < -0.39 is 0 Å². The van der Waals surface area contributed by atoms with Gasteiger partial charge in [0.1, 0.15) is 23.7 Å². The highest BCUT2D eigenvalue weighted by Gasteiger charge is 2.70. The molecule has 0 radical (unpaired) electrons. The predicted molar refractivity (Wildman–Crippen MR) is 251 cm³/mol. The van der Waals surface area contributed by atoms with Gasteiger partial charge in [0.25, 0.3) is 6.71 Å². The monoisotopic (exact) mass is 817 g/mol. The van der Waals surface area contributed by atoms with E-state index in [0.717, 1.165) is 29.8 Å². The molecule has 8 fully saturated rings. The van der Waals surface area contributed by atoms with Gasteiger partial charge in [0, 0.05) is 24.2 Å². The molecule has 7 heteroatoms. The van der Waals surface area contributed by atoms with Crippen LogP contribution in [0.5, 0.6) is 0 Å². The van der Waals surface area contributed by atoms with Crippen molar-refractivity contribution in [3.8, 4) is 0 Å². The van der Waals surface area contributed by atoms with Gasteiger partial charge < -0.3 is 19.4 Å². The van der Waals surface area contributed by atoms with Crippen LogP contribution in [0.25, 0.3) is 0 Å². The van der Waals surface area contributed by atoms with Crippen molar-refractivity contribution in [3.63, 3.8) is 0 Å². The number of benzene rings is 2. The van der Waals surface area contributed by atoms with E-state index in [4.69, 9.17) is 4.74 Å². The van der Waals surface area contributed by atoms with Crippen molar-refractivity contribution < 1.29 is 4.74 Å². The maximum atomic E-state index is 8.00. The van der Waals surface area contributed by atoms with Gasteiger partial charge in [-0.3, -0.25) is 4.90 Å². The average Bonchev–Trinajstić information content (AvgIpc) is 3.51. The molecule has 0 bridgehead atoms. The molecule has 0 N–H and O–H groups in total. The highest BCUT2D eigenvalue weighted by atomic mass is 16.5. The summed E-state index contributed by atoms with van der Waals surface area (Å²) in [6.45, 7) is 18.2. The number of hydrogen-bond acceptors (Lipinski definition) is 5. The highest BCUT2D eigenvalue weighted by molar-refractivity contribution is 6.83. The number of fused-ring (bicyclic) bond motifs is 9. The summed E-state index contributed by atoms with van der Waals surface area (Å²) < 4.78 is 8.00. The third-order valence-electron chi connectivity index (χ3n) is 20.4. The Balaban J connectivity index is 1.15. The Kier molecular flexibility index (Phi) is 8.78. The summed E-state index contributed by atoms with van der Waals surface area (Å²) in [5.41, 5.74) is 10.8. The molecule has 5 aliphatic carbocycles. The van der Waals surface area contributed by atoms with Gasteiger partial charge in [-0.15, -0.1) is 0 Å². The van der Waals surface area contributed by atoms with E-state index in [1.54, 1.807) is 22.6 Å². The second kappa shape index (κ2) is 13.9. The van der Waals surface area contributed by atoms with Gasteiger partial charge in [-0.05, 0) is 126 Å². The van der Waals surface area contributed by atoms with E-state index in [1.165, 1.54) is 131 Å². The lowest BCUT2D eigenvalue weighted by molar-refractivity contribution is -0.142. The van der Waals surface area contributed by atoms with Crippen molar-refractivity contribution in [1.82, 2.24) is 19.6 Å². The molecule has 61 heavy (non-hydrogen) atoms. The van der Waals surface area contributed by atoms with E-state index >= 15 is 0 Å². The first-order valence-corrected chi connectivity index (χ1v) is 26.0. The second-order valence-electron chi connectivity index (χ2n) is 24.1. The summed E-state index contributed by atoms with van der Waals surface area (Å²) in [4.78, 5) is 13.1. The van der Waals surface area contributed by atoms with Gasteiger partial charge in [-0.1, -0.05) is 141 Å². The minimum atomic E-state index is 0.237. The maximum absolute atomic E-state index is 8.00. The van der Waals surface area contributed by atoms with Crippen LogP contribution in [0.3, 0.4) is 0 Å². The molecule has 14 atom stereocenters. The number of hydrogen-bond donors (Lipinski definition) is 0. The zero-order valence-electron chi connectivity index (χ0n) is 38.8. The summed E-state index contributed by atoms with van der Waals surface area (Å²) in [5.74, 6) is 10.3. The van der Waals surface area contributed by atoms with Crippen LogP contribution in [0.15, 0.2) is 59.7 Å². The van der Waals surface area contributed by atoms with Crippen molar-refractivity contribution in [2.45, 2.75) is 211 Å². The Labute approximate surface area is 369 Å². The number of nitrogens with zero attached hydrogens (tertiary/aromatic N) is 4. The first-order valence-electron chi connectivity index (χ1n) is 26.0. The molecule has 5 saturated carbocycles. The van der Waals surface area contributed by atoms with Crippen molar-refractivity contribution in [2.24, 2.45) is 29.1 Å². The Bertz CT molecular complexity index is 2130. The molecule has 6 heterocycles. The van der Waals surface area contributed by atoms with E-state index in [-0.39, 0.29) is 12.1 Å². The predicted octanol–water partition coefficient (Wildman–Crippen LogP) is 9.89. The molecule has 14 unspecified atom stereocenters. The molecule has 11 aliphatic rings. The summed E-state index contributed by atoms with van der Waals surface area (Å²) in [6, 6.07) is 18.0. The number of aryl methyl sites for hydroxylation is 4. The normalized spacial score (nSPS) is 40.9. The molecular formula is C54H74B2N4O. The van der Waals surface area contributed by atoms with E-state index in [2.05, 4.69) is 110 Å². The van der Waals surface area contributed by atoms with Gasteiger partial charge in [-0.25, -0.2) is 0 Å². The van der Waals surface area contributed by atoms with Crippen LogP contribution < -0.4 is 10.9 Å². The fourth-order valence-electron chi connectivity index (χ4n) is 18.2. The maximum Gasteiger partial charge on any atom is 0.265 e. The van der Waals surface area contributed by atoms with Crippen LogP contribution in [-0.2, 0) is 4.74 Å². The van der Waals surface area contributed by atoms with Crippen molar-refractivity contribution in [1.29, 1.82) is 0 Å². The van der Waals surface area contributed by atoms with Gasteiger partial charge in [-0.2, -0.15) is 0 Å². The largest absolute Gasteiger partial charge is 0.499 e. The van der Waals surface area contributed by atoms with Gasteiger partial charge >= 0.3 is 0 Å². The van der Waals surface area contributed by atoms with Crippen molar-refractivity contribution in [2.75, 3.05) is 0 Å². The van der Waals surface area contributed by atoms with Crippen LogP contribution in [0.2, 0.25) is 11.6 Å². The fraction of sp³-hybridized carbons (Fsp3) is 0.704. The summed E-state index contributed by atoms with van der Waals surface area (Å²) in [5, 5.41) is 0. The van der Waals surface area contributed by atoms with E-state index in [0.29, 0.717) is 60.7 Å². The Morgan fingerprint density at radius 1 is 0.623 bits per heavy atom. The topological polar surface area (TPSA) is 22.2 Å². The Hall–Kier alpha value is -2.79. The molecule has 13 rings (SSSR count). The molecule has 2 aromatic carbocycles. The van der Waals surface area contributed by atoms with Crippen LogP contribution >= 0.6 is 0 Å². The smallest absolute Gasteiger partial charge is 0.265 e. The Morgan fingerprint density at radius 3 is 1.97 bits per heavy atom. The van der Waals surface area contributed by atoms with Gasteiger partial charge in [0.15, 0.2) is 0 Å². The molecule has 3 saturated heterocycles. The van der Waals surface area contributed by atoms with E-state index in [1.807, 2.05) is 0 Å². The van der Waals surface area contributed by atoms with Crippen molar-refractivity contribution in [3.05, 3.63) is 81.9 Å². The van der Waals surface area contributed by atoms with Crippen LogP contribution in [-0.4, -0.2) is 81.5 Å². The molecule has 0 amide bonds. The molecule has 0 aromatic heterocycles. The number of rotatable bonds is 2. The lowest BCUT2D eigenvalue weighted by Crippen LogP contribution is -2.71. The lowest BCUT2D eigenvalue weighted by atomic mass is 9.23. The average molecular weight is 817 g/mol. The lowest BCUT2D eigenvalue weighted by Gasteiger charge is -2.65. The zero-order chi connectivity index (χ0) is 41.2. The summed E-state index contributed by atoms with van der Waals surface area (Å²) >= 11 is 0. The fourth-order valence-corrected chi connectivity index (χ4v) is 18.2. The zero-order valence-corrected chi connectivity index (χ0v) is 38.8. The molecule has 0 spiro atoms. The quantitative estimate of drug-likeness (QED) is 0.281. The highest BCUT2D eigenvalue weighted by Crippen LogP contribution is 2.65. The van der Waals surface area contributed by atoms with Gasteiger partial charge in [0.05, 0.1) is 17.9 Å². The Morgan fingerprint density at radius 2 is 1.25 bits per heavy atom.